The number of fused-ring (bicyclic) bond motifs is 1. The minimum Gasteiger partial charge on any atom is -0.467 e. The van der Waals surface area contributed by atoms with Gasteiger partial charge in [0, 0.05) is 19.1 Å². The monoisotopic (exact) mass is 277 g/mol. The van der Waals surface area contributed by atoms with E-state index >= 15 is 0 Å². The van der Waals surface area contributed by atoms with Crippen LogP contribution < -0.4 is 10.6 Å². The molecule has 0 spiro atoms. The van der Waals surface area contributed by atoms with Gasteiger partial charge in [-0.25, -0.2) is 0 Å². The van der Waals surface area contributed by atoms with Crippen molar-refractivity contribution in [2.45, 2.75) is 38.4 Å². The first kappa shape index (κ1) is 13.6. The molecule has 2 fully saturated rings. The molecule has 2 aliphatic heterocycles. The standard InChI is InChI=1S/C15H23N3O2/c1-11(15(19)17-8-13-5-3-7-20-13)18-9-12-4-2-6-16-14(12)10-18/h3,5,7,11-12,14,16H,2,4,6,8-10H2,1H3,(H,17,19)/t11?,12-,14+/m0/s1. The molecule has 3 heterocycles. The highest BCUT2D eigenvalue weighted by Crippen LogP contribution is 2.26. The zero-order valence-electron chi connectivity index (χ0n) is 12.0. The zero-order chi connectivity index (χ0) is 13.9. The van der Waals surface area contributed by atoms with Crippen LogP contribution in [0.5, 0.6) is 0 Å². The Kier molecular flexibility index (Phi) is 4.08. The van der Waals surface area contributed by atoms with Gasteiger partial charge in [0.05, 0.1) is 18.8 Å². The number of piperidine rings is 1. The lowest BCUT2D eigenvalue weighted by atomic mass is 9.94. The van der Waals surface area contributed by atoms with E-state index in [1.54, 1.807) is 6.26 Å². The van der Waals surface area contributed by atoms with E-state index in [1.807, 2.05) is 19.1 Å². The van der Waals surface area contributed by atoms with Crippen LogP contribution in [0.25, 0.3) is 0 Å². The number of carbonyl (C=O) groups is 1. The van der Waals surface area contributed by atoms with Crippen LogP contribution in [0.1, 0.15) is 25.5 Å². The van der Waals surface area contributed by atoms with Crippen molar-refractivity contribution in [2.75, 3.05) is 19.6 Å². The summed E-state index contributed by atoms with van der Waals surface area (Å²) in [6, 6.07) is 4.21. The van der Waals surface area contributed by atoms with Crippen molar-refractivity contribution in [2.24, 2.45) is 5.92 Å². The Morgan fingerprint density at radius 2 is 2.50 bits per heavy atom. The number of carbonyl (C=O) groups excluding carboxylic acids is 1. The molecule has 0 radical (unpaired) electrons. The summed E-state index contributed by atoms with van der Waals surface area (Å²) in [5.41, 5.74) is 0. The first-order valence-electron chi connectivity index (χ1n) is 7.51. The first-order valence-corrected chi connectivity index (χ1v) is 7.51. The number of hydrogen-bond donors (Lipinski definition) is 2. The second-order valence-corrected chi connectivity index (χ2v) is 5.89. The fraction of sp³-hybridized carbons (Fsp3) is 0.667. The Morgan fingerprint density at radius 3 is 3.25 bits per heavy atom. The molecule has 2 aliphatic rings. The Labute approximate surface area is 119 Å². The Bertz CT molecular complexity index is 432. The van der Waals surface area contributed by atoms with E-state index in [1.165, 1.54) is 12.8 Å². The van der Waals surface area contributed by atoms with E-state index in [-0.39, 0.29) is 11.9 Å². The number of rotatable bonds is 4. The van der Waals surface area contributed by atoms with Gasteiger partial charge in [-0.3, -0.25) is 9.69 Å². The third-order valence-corrected chi connectivity index (χ3v) is 4.57. The Hall–Kier alpha value is -1.33. The van der Waals surface area contributed by atoms with Crippen LogP contribution in [0.2, 0.25) is 0 Å². The lowest BCUT2D eigenvalue weighted by Crippen LogP contribution is -2.45. The van der Waals surface area contributed by atoms with Crippen molar-refractivity contribution in [1.29, 1.82) is 0 Å². The quantitative estimate of drug-likeness (QED) is 0.861. The minimum absolute atomic E-state index is 0.0719. The molecule has 0 saturated carbocycles. The molecule has 3 atom stereocenters. The highest BCUT2D eigenvalue weighted by atomic mass is 16.3. The predicted octanol–water partition coefficient (Wildman–Crippen LogP) is 0.968. The van der Waals surface area contributed by atoms with Crippen LogP contribution in [0.15, 0.2) is 22.8 Å². The molecule has 0 bridgehead atoms. The zero-order valence-corrected chi connectivity index (χ0v) is 12.0. The van der Waals surface area contributed by atoms with Crippen molar-refractivity contribution >= 4 is 5.91 Å². The maximum atomic E-state index is 12.2. The Morgan fingerprint density at radius 1 is 1.60 bits per heavy atom. The number of amides is 1. The van der Waals surface area contributed by atoms with E-state index in [2.05, 4.69) is 15.5 Å². The third kappa shape index (κ3) is 2.88. The van der Waals surface area contributed by atoms with E-state index in [9.17, 15) is 4.79 Å². The maximum Gasteiger partial charge on any atom is 0.237 e. The fourth-order valence-corrected chi connectivity index (χ4v) is 3.30. The molecular weight excluding hydrogens is 254 g/mol. The highest BCUT2D eigenvalue weighted by molar-refractivity contribution is 5.81. The average molecular weight is 277 g/mol. The van der Waals surface area contributed by atoms with Crippen LogP contribution in [0.3, 0.4) is 0 Å². The molecular formula is C15H23N3O2. The first-order chi connectivity index (χ1) is 9.74. The summed E-state index contributed by atoms with van der Waals surface area (Å²) >= 11 is 0. The highest BCUT2D eigenvalue weighted by Gasteiger charge is 2.37. The SMILES string of the molecule is CC(C(=O)NCc1ccco1)N1C[C@@H]2CCCN[C@@H]2C1. The lowest BCUT2D eigenvalue weighted by Gasteiger charge is -2.25. The van der Waals surface area contributed by atoms with Crippen molar-refractivity contribution in [3.63, 3.8) is 0 Å². The van der Waals surface area contributed by atoms with Crippen LogP contribution in [0.4, 0.5) is 0 Å². The molecule has 1 amide bonds. The smallest absolute Gasteiger partial charge is 0.237 e. The molecule has 20 heavy (non-hydrogen) atoms. The van der Waals surface area contributed by atoms with Crippen molar-refractivity contribution in [3.8, 4) is 0 Å². The van der Waals surface area contributed by atoms with Crippen molar-refractivity contribution in [1.82, 2.24) is 15.5 Å². The van der Waals surface area contributed by atoms with Gasteiger partial charge in [0.15, 0.2) is 0 Å². The summed E-state index contributed by atoms with van der Waals surface area (Å²) in [4.78, 5) is 14.5. The summed E-state index contributed by atoms with van der Waals surface area (Å²) in [6.45, 7) is 5.60. The van der Waals surface area contributed by atoms with Gasteiger partial charge in [-0.2, -0.15) is 0 Å². The molecule has 5 nitrogen and oxygen atoms in total. The summed E-state index contributed by atoms with van der Waals surface area (Å²) in [7, 11) is 0. The van der Waals surface area contributed by atoms with Gasteiger partial charge >= 0.3 is 0 Å². The topological polar surface area (TPSA) is 57.5 Å². The molecule has 5 heteroatoms. The third-order valence-electron chi connectivity index (χ3n) is 4.57. The van der Waals surface area contributed by atoms with Crippen LogP contribution in [-0.2, 0) is 11.3 Å². The van der Waals surface area contributed by atoms with Crippen LogP contribution >= 0.6 is 0 Å². The molecule has 2 N–H and O–H groups in total. The number of nitrogens with one attached hydrogen (secondary N) is 2. The molecule has 110 valence electrons. The summed E-state index contributed by atoms with van der Waals surface area (Å²) < 4.78 is 5.23. The molecule has 3 rings (SSSR count). The van der Waals surface area contributed by atoms with Crippen LogP contribution in [-0.4, -0.2) is 42.5 Å². The molecule has 0 aliphatic carbocycles. The van der Waals surface area contributed by atoms with Gasteiger partial charge in [-0.05, 0) is 44.4 Å². The van der Waals surface area contributed by atoms with Gasteiger partial charge in [-0.15, -0.1) is 0 Å². The molecule has 1 aromatic rings. The van der Waals surface area contributed by atoms with Crippen molar-refractivity contribution < 1.29 is 9.21 Å². The van der Waals surface area contributed by atoms with Gasteiger partial charge in [0.1, 0.15) is 5.76 Å². The lowest BCUT2D eigenvalue weighted by molar-refractivity contribution is -0.125. The molecule has 0 aromatic carbocycles. The number of likely N-dealkylation sites (tertiary alicyclic amines) is 1. The van der Waals surface area contributed by atoms with E-state index in [0.717, 1.165) is 25.4 Å². The second kappa shape index (κ2) is 5.97. The fourth-order valence-electron chi connectivity index (χ4n) is 3.30. The normalized spacial score (nSPS) is 28.1. The number of furan rings is 1. The minimum atomic E-state index is -0.0719. The number of hydrogen-bond acceptors (Lipinski definition) is 4. The van der Waals surface area contributed by atoms with E-state index in [0.29, 0.717) is 18.5 Å². The van der Waals surface area contributed by atoms with Gasteiger partial charge in [0.2, 0.25) is 5.91 Å². The average Bonchev–Trinajstić information content (AvgIpc) is 3.12. The van der Waals surface area contributed by atoms with Gasteiger partial charge in [0.25, 0.3) is 0 Å². The van der Waals surface area contributed by atoms with E-state index in [4.69, 9.17) is 4.42 Å². The number of nitrogens with zero attached hydrogens (tertiary/aromatic N) is 1. The largest absolute Gasteiger partial charge is 0.467 e. The van der Waals surface area contributed by atoms with Crippen LogP contribution in [0, 0.1) is 5.92 Å². The summed E-state index contributed by atoms with van der Waals surface area (Å²) in [5, 5.41) is 6.52. The van der Waals surface area contributed by atoms with Gasteiger partial charge in [-0.1, -0.05) is 0 Å². The predicted molar refractivity (Wildman–Crippen MR) is 76.1 cm³/mol. The molecule has 1 aromatic heterocycles. The van der Waals surface area contributed by atoms with Crippen molar-refractivity contribution in [3.05, 3.63) is 24.2 Å². The summed E-state index contributed by atoms with van der Waals surface area (Å²) in [5.74, 6) is 1.59. The summed E-state index contributed by atoms with van der Waals surface area (Å²) in [6.07, 6.45) is 4.17. The molecule has 2 saturated heterocycles. The van der Waals surface area contributed by atoms with E-state index < -0.39 is 0 Å². The molecule has 1 unspecified atom stereocenters. The van der Waals surface area contributed by atoms with Gasteiger partial charge < -0.3 is 15.1 Å². The maximum absolute atomic E-state index is 12.2. The Balaban J connectivity index is 1.50. The second-order valence-electron chi connectivity index (χ2n) is 5.89.